The topological polar surface area (TPSA) is 35.6 Å². The van der Waals surface area contributed by atoms with E-state index in [4.69, 9.17) is 11.6 Å². The number of thioether (sulfide) groups is 1. The summed E-state index contributed by atoms with van der Waals surface area (Å²) in [4.78, 5) is 16.6. The van der Waals surface area contributed by atoms with Crippen LogP contribution in [0.4, 0.5) is 4.79 Å². The van der Waals surface area contributed by atoms with Crippen molar-refractivity contribution in [3.8, 4) is 0 Å². The SMILES string of the molecule is CN1C[C@@H]2CN(C(=O)NCCCSCc3ccc(Cl)cc3)C[C@@H]2C1. The summed E-state index contributed by atoms with van der Waals surface area (Å²) in [6, 6.07) is 8.12. The fourth-order valence-electron chi connectivity index (χ4n) is 3.65. The molecule has 2 saturated heterocycles. The van der Waals surface area contributed by atoms with Gasteiger partial charge in [-0.15, -0.1) is 0 Å². The summed E-state index contributed by atoms with van der Waals surface area (Å²) in [5.74, 6) is 3.40. The van der Waals surface area contributed by atoms with Crippen molar-refractivity contribution in [2.45, 2.75) is 12.2 Å². The Balaban J connectivity index is 1.26. The maximum absolute atomic E-state index is 12.2. The molecule has 2 heterocycles. The van der Waals surface area contributed by atoms with Crippen LogP contribution in [-0.4, -0.2) is 61.4 Å². The third kappa shape index (κ3) is 4.80. The van der Waals surface area contributed by atoms with E-state index in [0.29, 0.717) is 11.8 Å². The largest absolute Gasteiger partial charge is 0.338 e. The van der Waals surface area contributed by atoms with Crippen LogP contribution in [0.3, 0.4) is 0 Å². The molecule has 132 valence electrons. The van der Waals surface area contributed by atoms with Crippen LogP contribution in [-0.2, 0) is 5.75 Å². The number of hydrogen-bond acceptors (Lipinski definition) is 3. The van der Waals surface area contributed by atoms with E-state index in [2.05, 4.69) is 29.4 Å². The van der Waals surface area contributed by atoms with Crippen LogP contribution in [0.1, 0.15) is 12.0 Å². The highest BCUT2D eigenvalue weighted by atomic mass is 35.5. The molecular formula is C18H26ClN3OS. The van der Waals surface area contributed by atoms with Crippen molar-refractivity contribution in [3.63, 3.8) is 0 Å². The Labute approximate surface area is 153 Å². The van der Waals surface area contributed by atoms with Crippen LogP contribution in [0.25, 0.3) is 0 Å². The molecule has 0 unspecified atom stereocenters. The standard InChI is InChI=1S/C18H26ClN3OS/c1-21-9-15-11-22(12-16(15)10-21)18(23)20-7-2-8-24-13-14-3-5-17(19)6-4-14/h3-6,15-16H,2,7-13H2,1H3,(H,20,23)/t15-,16+. The molecule has 2 amide bonds. The zero-order valence-corrected chi connectivity index (χ0v) is 15.8. The van der Waals surface area contributed by atoms with E-state index in [0.717, 1.165) is 55.7 Å². The Kier molecular flexibility index (Phi) is 6.31. The van der Waals surface area contributed by atoms with Gasteiger partial charge in [-0.3, -0.25) is 0 Å². The number of benzene rings is 1. The first-order valence-electron chi connectivity index (χ1n) is 8.65. The van der Waals surface area contributed by atoms with E-state index >= 15 is 0 Å². The number of likely N-dealkylation sites (tertiary alicyclic amines) is 2. The van der Waals surface area contributed by atoms with E-state index in [9.17, 15) is 4.79 Å². The molecule has 3 rings (SSSR count). The predicted molar refractivity (Wildman–Crippen MR) is 102 cm³/mol. The van der Waals surface area contributed by atoms with Crippen molar-refractivity contribution in [1.82, 2.24) is 15.1 Å². The van der Waals surface area contributed by atoms with E-state index < -0.39 is 0 Å². The van der Waals surface area contributed by atoms with Crippen LogP contribution in [0.15, 0.2) is 24.3 Å². The number of carbonyl (C=O) groups is 1. The summed E-state index contributed by atoms with van der Waals surface area (Å²) >= 11 is 7.78. The molecular weight excluding hydrogens is 342 g/mol. The lowest BCUT2D eigenvalue weighted by Crippen LogP contribution is -2.40. The molecule has 0 aliphatic carbocycles. The first kappa shape index (κ1) is 17.9. The second kappa shape index (κ2) is 8.45. The molecule has 1 aromatic rings. The van der Waals surface area contributed by atoms with Gasteiger partial charge in [0, 0.05) is 43.5 Å². The maximum atomic E-state index is 12.2. The quantitative estimate of drug-likeness (QED) is 0.784. The van der Waals surface area contributed by atoms with Gasteiger partial charge in [0.25, 0.3) is 0 Å². The highest BCUT2D eigenvalue weighted by Crippen LogP contribution is 2.29. The number of amides is 2. The fourth-order valence-corrected chi connectivity index (χ4v) is 4.69. The van der Waals surface area contributed by atoms with Gasteiger partial charge in [0.1, 0.15) is 0 Å². The van der Waals surface area contributed by atoms with Gasteiger partial charge in [0.2, 0.25) is 0 Å². The van der Waals surface area contributed by atoms with E-state index in [1.54, 1.807) is 0 Å². The highest BCUT2D eigenvalue weighted by molar-refractivity contribution is 7.98. The van der Waals surface area contributed by atoms with Gasteiger partial charge in [-0.1, -0.05) is 23.7 Å². The molecule has 2 fully saturated rings. The minimum atomic E-state index is 0.120. The number of hydrogen-bond donors (Lipinski definition) is 1. The van der Waals surface area contributed by atoms with Gasteiger partial charge in [-0.25, -0.2) is 4.79 Å². The molecule has 24 heavy (non-hydrogen) atoms. The lowest BCUT2D eigenvalue weighted by Gasteiger charge is -2.19. The molecule has 0 spiro atoms. The third-order valence-electron chi connectivity index (χ3n) is 4.88. The average molecular weight is 368 g/mol. The van der Waals surface area contributed by atoms with Crippen molar-refractivity contribution < 1.29 is 4.79 Å². The number of fused-ring (bicyclic) bond motifs is 1. The monoisotopic (exact) mass is 367 g/mol. The number of urea groups is 1. The second-order valence-corrected chi connectivity index (χ2v) is 8.45. The molecule has 0 radical (unpaired) electrons. The van der Waals surface area contributed by atoms with Crippen LogP contribution in [0, 0.1) is 11.8 Å². The number of nitrogens with zero attached hydrogens (tertiary/aromatic N) is 2. The molecule has 1 N–H and O–H groups in total. The Morgan fingerprint density at radius 1 is 1.21 bits per heavy atom. The van der Waals surface area contributed by atoms with Crippen molar-refractivity contribution in [2.75, 3.05) is 45.5 Å². The molecule has 2 aliphatic heterocycles. The lowest BCUT2D eigenvalue weighted by atomic mass is 10.0. The minimum absolute atomic E-state index is 0.120. The van der Waals surface area contributed by atoms with Gasteiger partial charge in [-0.05, 0) is 48.8 Å². The Morgan fingerprint density at radius 2 is 1.88 bits per heavy atom. The summed E-state index contributed by atoms with van der Waals surface area (Å²) in [6.45, 7) is 4.88. The van der Waals surface area contributed by atoms with E-state index in [-0.39, 0.29) is 6.03 Å². The molecule has 6 heteroatoms. The molecule has 1 aromatic carbocycles. The number of halogens is 1. The molecule has 0 bridgehead atoms. The summed E-state index contributed by atoms with van der Waals surface area (Å²) < 4.78 is 0. The van der Waals surface area contributed by atoms with Crippen molar-refractivity contribution in [3.05, 3.63) is 34.9 Å². The molecule has 2 aliphatic rings. The first-order valence-corrected chi connectivity index (χ1v) is 10.2. The van der Waals surface area contributed by atoms with Crippen LogP contribution < -0.4 is 5.32 Å². The lowest BCUT2D eigenvalue weighted by molar-refractivity contribution is 0.202. The highest BCUT2D eigenvalue weighted by Gasteiger charge is 2.40. The van der Waals surface area contributed by atoms with Crippen LogP contribution in [0.2, 0.25) is 5.02 Å². The van der Waals surface area contributed by atoms with E-state index in [1.807, 2.05) is 28.8 Å². The van der Waals surface area contributed by atoms with Gasteiger partial charge < -0.3 is 15.1 Å². The Morgan fingerprint density at radius 3 is 2.54 bits per heavy atom. The van der Waals surface area contributed by atoms with Gasteiger partial charge in [0.05, 0.1) is 0 Å². The normalized spacial score (nSPS) is 23.5. The van der Waals surface area contributed by atoms with E-state index in [1.165, 1.54) is 5.56 Å². The maximum Gasteiger partial charge on any atom is 0.317 e. The van der Waals surface area contributed by atoms with Gasteiger partial charge in [0.15, 0.2) is 0 Å². The first-order chi connectivity index (χ1) is 11.6. The average Bonchev–Trinajstić information content (AvgIpc) is 3.09. The van der Waals surface area contributed by atoms with Crippen LogP contribution >= 0.6 is 23.4 Å². The van der Waals surface area contributed by atoms with Crippen molar-refractivity contribution in [1.29, 1.82) is 0 Å². The smallest absolute Gasteiger partial charge is 0.317 e. The Bertz CT molecular complexity index is 540. The van der Waals surface area contributed by atoms with Crippen molar-refractivity contribution >= 4 is 29.4 Å². The molecule has 4 nitrogen and oxygen atoms in total. The summed E-state index contributed by atoms with van der Waals surface area (Å²) in [5.41, 5.74) is 1.29. The van der Waals surface area contributed by atoms with Crippen LogP contribution in [0.5, 0.6) is 0 Å². The van der Waals surface area contributed by atoms with Gasteiger partial charge >= 0.3 is 6.03 Å². The minimum Gasteiger partial charge on any atom is -0.338 e. The summed E-state index contributed by atoms with van der Waals surface area (Å²) in [7, 11) is 2.17. The number of nitrogens with one attached hydrogen (secondary N) is 1. The number of carbonyl (C=O) groups excluding carboxylic acids is 1. The Hall–Kier alpha value is -0.910. The molecule has 2 atom stereocenters. The van der Waals surface area contributed by atoms with Gasteiger partial charge in [-0.2, -0.15) is 11.8 Å². The molecule has 0 aromatic heterocycles. The summed E-state index contributed by atoms with van der Waals surface area (Å²) in [6.07, 6.45) is 1.01. The van der Waals surface area contributed by atoms with Crippen molar-refractivity contribution in [2.24, 2.45) is 11.8 Å². The predicted octanol–water partition coefficient (Wildman–Crippen LogP) is 3.17. The fraction of sp³-hybridized carbons (Fsp3) is 0.611. The summed E-state index contributed by atoms with van der Waals surface area (Å²) in [5, 5.41) is 3.86. The zero-order valence-electron chi connectivity index (χ0n) is 14.2. The second-order valence-electron chi connectivity index (χ2n) is 6.91. The zero-order chi connectivity index (χ0) is 16.9. The third-order valence-corrected chi connectivity index (χ3v) is 6.25. The number of rotatable bonds is 6. The molecule has 0 saturated carbocycles.